The number of aliphatic imine (C=N–C) groups is 1. The molecule has 0 bridgehead atoms. The Labute approximate surface area is 894 Å². The van der Waals surface area contributed by atoms with Crippen LogP contribution in [-0.2, 0) is 12.8 Å². The van der Waals surface area contributed by atoms with Gasteiger partial charge in [0, 0.05) is 11.6 Å². The Morgan fingerprint density at radius 2 is 0.571 bits per heavy atom. The number of rotatable bonds is 7. The van der Waals surface area contributed by atoms with Crippen molar-refractivity contribution in [2.45, 2.75) is 392 Å². The van der Waals surface area contributed by atoms with E-state index in [0.29, 0.717) is 5.92 Å². The zero-order valence-electron chi connectivity index (χ0n) is 92.0. The monoisotopic (exact) mass is 1970 g/mol. The Hall–Kier alpha value is -3.97. The van der Waals surface area contributed by atoms with Crippen LogP contribution in [0, 0.1) is 331 Å². The van der Waals surface area contributed by atoms with Gasteiger partial charge in [0.25, 0.3) is 0 Å². The van der Waals surface area contributed by atoms with E-state index >= 15 is 0 Å². The summed E-state index contributed by atoms with van der Waals surface area (Å²) in [5, 5.41) is 0. The summed E-state index contributed by atoms with van der Waals surface area (Å²) >= 11 is 0. The van der Waals surface area contributed by atoms with Crippen LogP contribution in [0.25, 0.3) is 5.57 Å². The van der Waals surface area contributed by atoms with E-state index in [1.807, 2.05) is 0 Å². The normalized spacial score (nSPS) is 53.4. The minimum absolute atomic E-state index is 0.649. The Kier molecular flexibility index (Phi) is 24.6. The summed E-state index contributed by atoms with van der Waals surface area (Å²) in [6, 6.07) is 30.8. The highest BCUT2D eigenvalue weighted by Gasteiger charge is 2.77. The highest BCUT2D eigenvalue weighted by atomic mass is 14.8. The van der Waals surface area contributed by atoms with Gasteiger partial charge in [-0.15, -0.1) is 0 Å². The summed E-state index contributed by atoms with van der Waals surface area (Å²) in [6.07, 6.45) is 116. The maximum Gasteiger partial charge on any atom is 0.0665 e. The van der Waals surface area contributed by atoms with Crippen LogP contribution in [0.4, 0.5) is 5.69 Å². The Bertz CT molecular complexity index is 5430. The van der Waals surface area contributed by atoms with Crippen LogP contribution in [0.3, 0.4) is 0 Å². The third kappa shape index (κ3) is 14.7. The van der Waals surface area contributed by atoms with E-state index in [1.165, 1.54) is 80.9 Å². The molecule has 31 aliphatic carbocycles. The number of hydrogen-bond acceptors (Lipinski definition) is 1. The van der Waals surface area contributed by atoms with Gasteiger partial charge in [-0.25, -0.2) is 0 Å². The molecule has 0 saturated heterocycles. The quantitative estimate of drug-likeness (QED) is 0.224. The summed E-state index contributed by atoms with van der Waals surface area (Å²) in [6.45, 7) is 0. The first-order chi connectivity index (χ1) is 73.0. The molecule has 54 unspecified atom stereocenters. The maximum atomic E-state index is 5.72. The summed E-state index contributed by atoms with van der Waals surface area (Å²) in [5.74, 6) is 59.5. The van der Waals surface area contributed by atoms with Gasteiger partial charge in [0.15, 0.2) is 0 Å². The van der Waals surface area contributed by atoms with E-state index in [4.69, 9.17) is 4.99 Å². The van der Waals surface area contributed by atoms with Gasteiger partial charge in [-0.1, -0.05) is 314 Å². The van der Waals surface area contributed by atoms with Crippen LogP contribution in [0.5, 0.6) is 0 Å². The van der Waals surface area contributed by atoms with Gasteiger partial charge in [-0.2, -0.15) is 0 Å². The van der Waals surface area contributed by atoms with E-state index < -0.39 is 0 Å². The molecule has 0 spiro atoms. The molecule has 28 fully saturated rings. The molecule has 28 saturated carbocycles. The third-order valence-corrected chi connectivity index (χ3v) is 59.0. The highest BCUT2D eigenvalue weighted by molar-refractivity contribution is 6.05. The minimum atomic E-state index is 0.649. The van der Waals surface area contributed by atoms with Gasteiger partial charge in [-0.3, -0.25) is 4.99 Å². The van der Waals surface area contributed by atoms with Gasteiger partial charge in [-0.05, 0) is 564 Å². The van der Waals surface area contributed by atoms with Crippen LogP contribution in [0.2, 0.25) is 0 Å². The minimum Gasteiger partial charge on any atom is -0.253 e. The van der Waals surface area contributed by atoms with Crippen molar-refractivity contribution in [1.82, 2.24) is 0 Å². The van der Waals surface area contributed by atoms with Crippen molar-refractivity contribution < 1.29 is 0 Å². The van der Waals surface area contributed by atoms with E-state index in [-0.39, 0.29) is 0 Å². The Morgan fingerprint density at radius 1 is 0.211 bits per heavy atom. The van der Waals surface area contributed by atoms with Crippen molar-refractivity contribution in [2.24, 2.45) is 336 Å². The van der Waals surface area contributed by atoms with Gasteiger partial charge in [0.05, 0.1) is 5.69 Å². The highest BCUT2D eigenvalue weighted by Crippen LogP contribution is 2.83. The lowest BCUT2D eigenvalue weighted by Gasteiger charge is -2.55. The number of para-hydroxylation sites is 1. The Morgan fingerprint density at radius 3 is 1.16 bits per heavy atom. The molecule has 0 amide bonds. The molecule has 1 heterocycles. The second-order valence-electron chi connectivity index (χ2n) is 62.1. The fourth-order valence-corrected chi connectivity index (χ4v) is 56.9. The smallest absolute Gasteiger partial charge is 0.0665 e. The molecule has 1 nitrogen and oxygen atoms in total. The number of allylic oxidation sites excluding steroid dienone is 9. The summed E-state index contributed by atoms with van der Waals surface area (Å²) in [7, 11) is 0. The molecule has 0 N–H and O–H groups in total. The molecular formula is C146H199N. The zero-order chi connectivity index (χ0) is 95.6. The van der Waals surface area contributed by atoms with Crippen LogP contribution in [0.15, 0.2) is 138 Å². The molecule has 1 aliphatic heterocycles. The van der Waals surface area contributed by atoms with E-state index in [2.05, 4.69) is 127 Å². The second-order valence-corrected chi connectivity index (χ2v) is 62.1. The zero-order valence-corrected chi connectivity index (χ0v) is 92.0. The first kappa shape index (κ1) is 94.2. The van der Waals surface area contributed by atoms with Crippen molar-refractivity contribution in [3.63, 3.8) is 0 Å². The molecule has 0 aromatic heterocycles. The van der Waals surface area contributed by atoms with Gasteiger partial charge in [0.2, 0.25) is 0 Å². The SMILES string of the molecule is C1=C(c2ccccc2)c2ccccc2CC1C1C2CCCC3C4C5CCCCC5C5CCCC(C6CC7C8CCCCC8C(C8CCCCC8)C7C1C6C23)C54.C1=CC2CC(C3CCCCC3)C(C3C4CCCC5C6CCCC7C8CCCCC8C(C76)C6C7CCCCC7CC3C6C54)CC2C=C1.C1=CCCC(C2=Nc3ccccc3CC2C2C3CCCC4C5C6CCCCC6C6CCCC(C7CC8CCCCC8C2C7C34)C65)=C1. The van der Waals surface area contributed by atoms with E-state index in [1.54, 1.807) is 367 Å². The van der Waals surface area contributed by atoms with Crippen molar-refractivity contribution in [3.05, 3.63) is 155 Å². The van der Waals surface area contributed by atoms with E-state index in [0.717, 1.165) is 314 Å². The largest absolute Gasteiger partial charge is 0.253 e. The topological polar surface area (TPSA) is 12.4 Å². The molecular weight excluding hydrogens is 1770 g/mol. The van der Waals surface area contributed by atoms with Crippen molar-refractivity contribution in [2.75, 3.05) is 0 Å². The first-order valence-electron chi connectivity index (χ1n) is 68.3. The number of benzene rings is 3. The average Bonchev–Trinajstić information content (AvgIpc) is 1.49. The average molecular weight is 1970 g/mol. The molecule has 0 radical (unpaired) electrons. The standard InChI is InChI=1S/C55H72.C46H68.C45H59N/c1-3-15-32(16-4-1)45-30-35(29-34-19-7-8-20-36(34)45)49-43-27-14-28-44-51-40-24-12-9-21-37(40)41-25-13-26-42(50(41)51)47-31-46-38-22-10-11-23-39(38)48(33-17-5-2-6-18-33)53(46)55(49)54(47)52(43)44;1-2-12-27(13-3-1)38-24-28-14-4-5-15-29(28)25-39(38)41-37-23-11-22-36-35-21-10-20-33-32-18-8-9-19-34(32)45(42(33)35)44-31-17-7-6-16-30(31)26-40(41)46(44)43(36)37;1-2-12-26(13-3-1)45-37(25-28-15-5-9-23-38(28)46-45)42-35-22-11-21-34-40-31-18-8-7-17-30(31)32-19-10-20-33(39(32)40)36-24-27-14-4-6-16-29(27)43(42)44(36)41(34)35/h1,3-4,7-8,15-16,19-20,30,33,35,37-44,46-55H,2,5-6,9-14,17-18,21-29,31H2;4-5,14-15,27-46H,1-3,6-13,16-26H2;1-2,5,9,12,15,23,27,29-37,39-44H,3-4,6-8,10-11,13-14,16-22,24-25H2. The molecule has 32 aliphatic rings. The molecule has 3 aromatic rings. The lowest BCUT2D eigenvalue weighted by molar-refractivity contribution is -0.0656. The van der Waals surface area contributed by atoms with E-state index in [9.17, 15) is 0 Å². The fraction of sp³-hybridized carbons (Fsp3) is 0.801. The van der Waals surface area contributed by atoms with Crippen LogP contribution >= 0.6 is 0 Å². The molecule has 54 atom stereocenters. The molecule has 35 rings (SSSR count). The number of fused-ring (bicyclic) bond motifs is 26. The Balaban J connectivity index is 0.0000000967. The van der Waals surface area contributed by atoms with Crippen LogP contribution in [-0.4, -0.2) is 5.71 Å². The molecule has 788 valence electrons. The van der Waals surface area contributed by atoms with Gasteiger partial charge in [0.1, 0.15) is 0 Å². The van der Waals surface area contributed by atoms with Crippen molar-refractivity contribution >= 4 is 17.0 Å². The van der Waals surface area contributed by atoms with Gasteiger partial charge >= 0.3 is 0 Å². The molecule has 1 heteroatoms. The molecule has 147 heavy (non-hydrogen) atoms. The second kappa shape index (κ2) is 38.5. The van der Waals surface area contributed by atoms with Crippen LogP contribution < -0.4 is 0 Å². The predicted octanol–water partition coefficient (Wildman–Crippen LogP) is 37.5. The van der Waals surface area contributed by atoms with Crippen molar-refractivity contribution in [3.8, 4) is 0 Å². The summed E-state index contributed by atoms with van der Waals surface area (Å²) in [5.41, 5.74) is 12.3. The summed E-state index contributed by atoms with van der Waals surface area (Å²) < 4.78 is 0. The van der Waals surface area contributed by atoms with Crippen molar-refractivity contribution in [1.29, 1.82) is 0 Å². The third-order valence-electron chi connectivity index (χ3n) is 59.0. The lowest BCUT2D eigenvalue weighted by Crippen LogP contribution is -2.49. The maximum absolute atomic E-state index is 5.72. The van der Waals surface area contributed by atoms with Crippen LogP contribution in [0.1, 0.15) is 401 Å². The first-order valence-corrected chi connectivity index (χ1v) is 68.3. The lowest BCUT2D eigenvalue weighted by atomic mass is 9.50. The predicted molar refractivity (Wildman–Crippen MR) is 604 cm³/mol. The van der Waals surface area contributed by atoms with Gasteiger partial charge < -0.3 is 0 Å². The molecule has 3 aromatic carbocycles. The number of hydrogen-bond donors (Lipinski definition) is 0. The number of nitrogens with zero attached hydrogens (tertiary/aromatic N) is 1. The summed E-state index contributed by atoms with van der Waals surface area (Å²) in [4.78, 5) is 5.72. The fourth-order valence-electron chi connectivity index (χ4n) is 56.9.